The molecule has 3 rings (SSSR count). The Hall–Kier alpha value is -2.51. The van der Waals surface area contributed by atoms with E-state index in [-0.39, 0.29) is 4.90 Å². The van der Waals surface area contributed by atoms with E-state index in [0.717, 1.165) is 23.7 Å². The molecule has 3 aromatic rings. The minimum absolute atomic E-state index is 0.0952. The second kappa shape index (κ2) is 10.2. The number of hydrogen-bond donors (Lipinski definition) is 0. The van der Waals surface area contributed by atoms with Crippen LogP contribution in [0.2, 0.25) is 5.02 Å². The van der Waals surface area contributed by atoms with Crippen molar-refractivity contribution in [3.63, 3.8) is 0 Å². The molecule has 0 aliphatic carbocycles. The average molecular weight is 471 g/mol. The van der Waals surface area contributed by atoms with Crippen molar-refractivity contribution < 1.29 is 8.42 Å². The van der Waals surface area contributed by atoms with Crippen molar-refractivity contribution in [1.82, 2.24) is 4.90 Å². The molecule has 0 aliphatic heterocycles. The topological polar surface area (TPSA) is 49.7 Å². The molecule has 0 radical (unpaired) electrons. The monoisotopic (exact) mass is 470 g/mol. The van der Waals surface area contributed by atoms with Crippen LogP contribution in [0.1, 0.15) is 13.8 Å². The molecule has 0 amide bonds. The summed E-state index contributed by atoms with van der Waals surface area (Å²) in [4.78, 5) is 2.04. The Bertz CT molecular complexity index is 1190. The quantitative estimate of drug-likeness (QED) is 0.285. The summed E-state index contributed by atoms with van der Waals surface area (Å²) in [7, 11) is -6.98. The van der Waals surface area contributed by atoms with E-state index < -0.39 is 17.1 Å². The van der Waals surface area contributed by atoms with Crippen LogP contribution in [0.25, 0.3) is 0 Å². The molecule has 4 nitrogen and oxygen atoms in total. The minimum Gasteiger partial charge on any atom is -0.333 e. The summed E-state index contributed by atoms with van der Waals surface area (Å²) in [6.45, 7) is 5.50. The normalized spacial score (nSPS) is 11.3. The Kier molecular flexibility index (Phi) is 7.62. The molecule has 31 heavy (non-hydrogen) atoms. The molecule has 0 aromatic heterocycles. The second-order valence-electron chi connectivity index (χ2n) is 6.71. The molecule has 0 spiro atoms. The van der Waals surface area contributed by atoms with Crippen molar-refractivity contribution in [1.29, 1.82) is 0 Å². The first kappa shape index (κ1) is 23.2. The highest BCUT2D eigenvalue weighted by Crippen LogP contribution is 2.48. The molecule has 0 saturated carbocycles. The standard InChI is InChI=1S/C24H24ClN2O2PS/c1-3-27(4-2)19-20-30(22-11-7-5-8-12-22,23-13-9-6-10-14-23)26-31(28,29)24-17-15-21(25)16-18-24/h5-18H,3-4H2,1-2H3. The van der Waals surface area contributed by atoms with Crippen molar-refractivity contribution in [2.24, 2.45) is 4.15 Å². The molecule has 0 N–H and O–H groups in total. The fourth-order valence-electron chi connectivity index (χ4n) is 3.02. The summed E-state index contributed by atoms with van der Waals surface area (Å²) in [5.41, 5.74) is 3.32. The van der Waals surface area contributed by atoms with Crippen LogP contribution >= 0.6 is 18.7 Å². The predicted octanol–water partition coefficient (Wildman–Crippen LogP) is 5.14. The van der Waals surface area contributed by atoms with Gasteiger partial charge >= 0.3 is 0 Å². The zero-order valence-corrected chi connectivity index (χ0v) is 19.9. The first-order chi connectivity index (χ1) is 14.9. The number of benzene rings is 3. The van der Waals surface area contributed by atoms with Crippen LogP contribution in [0.5, 0.6) is 0 Å². The average Bonchev–Trinajstić information content (AvgIpc) is 2.80. The molecular weight excluding hydrogens is 447 g/mol. The lowest BCUT2D eigenvalue weighted by molar-refractivity contribution is 0.444. The lowest BCUT2D eigenvalue weighted by Gasteiger charge is -2.21. The van der Waals surface area contributed by atoms with Crippen molar-refractivity contribution in [2.45, 2.75) is 18.7 Å². The highest BCUT2D eigenvalue weighted by molar-refractivity contribution is 7.98. The fourth-order valence-corrected chi connectivity index (χ4v) is 8.26. The van der Waals surface area contributed by atoms with Gasteiger partial charge in [0.1, 0.15) is 7.05 Å². The van der Waals surface area contributed by atoms with E-state index in [4.69, 9.17) is 11.6 Å². The molecule has 0 heterocycles. The molecule has 0 bridgehead atoms. The van der Waals surface area contributed by atoms with Crippen molar-refractivity contribution in [2.75, 3.05) is 13.1 Å². The van der Waals surface area contributed by atoms with Crippen LogP contribution in [0, 0.1) is 11.7 Å². The molecule has 7 heteroatoms. The number of sulfonamides is 1. The van der Waals surface area contributed by atoms with E-state index in [1.54, 1.807) is 12.1 Å². The number of rotatable bonds is 6. The molecule has 3 aromatic carbocycles. The third-order valence-corrected chi connectivity index (χ3v) is 10.2. The van der Waals surface area contributed by atoms with Crippen LogP contribution in [-0.2, 0) is 10.0 Å². The van der Waals surface area contributed by atoms with E-state index in [9.17, 15) is 8.42 Å². The van der Waals surface area contributed by atoms with E-state index in [1.165, 1.54) is 12.1 Å². The van der Waals surface area contributed by atoms with Gasteiger partial charge in [0, 0.05) is 34.8 Å². The number of hydrogen-bond acceptors (Lipinski definition) is 3. The Morgan fingerprint density at radius 1 is 0.839 bits per heavy atom. The zero-order chi connectivity index (χ0) is 22.3. The largest absolute Gasteiger partial charge is 0.333 e. The molecule has 0 fully saturated rings. The van der Waals surface area contributed by atoms with Crippen molar-refractivity contribution in [3.8, 4) is 11.7 Å². The van der Waals surface area contributed by atoms with Gasteiger partial charge in [0.05, 0.1) is 4.90 Å². The highest BCUT2D eigenvalue weighted by Gasteiger charge is 2.28. The highest BCUT2D eigenvalue weighted by atomic mass is 35.5. The lowest BCUT2D eigenvalue weighted by Crippen LogP contribution is -2.19. The Labute approximate surface area is 190 Å². The maximum atomic E-state index is 13.4. The van der Waals surface area contributed by atoms with Crippen LogP contribution in [0.15, 0.2) is 94.0 Å². The Morgan fingerprint density at radius 3 is 1.77 bits per heavy atom. The van der Waals surface area contributed by atoms with Gasteiger partial charge in [-0.1, -0.05) is 72.3 Å². The summed E-state index contributed by atoms with van der Waals surface area (Å²) >= 11 is 5.96. The Balaban J connectivity index is 2.39. The van der Waals surface area contributed by atoms with Gasteiger partial charge in [-0.2, -0.15) is 12.6 Å². The smallest absolute Gasteiger partial charge is 0.282 e. The van der Waals surface area contributed by atoms with Crippen LogP contribution in [0.4, 0.5) is 0 Å². The van der Waals surface area contributed by atoms with Gasteiger partial charge in [-0.05, 0) is 43.8 Å². The van der Waals surface area contributed by atoms with E-state index in [2.05, 4.69) is 15.9 Å². The van der Waals surface area contributed by atoms with Crippen LogP contribution in [-0.4, -0.2) is 26.4 Å². The number of halogens is 1. The van der Waals surface area contributed by atoms with Gasteiger partial charge in [0.2, 0.25) is 0 Å². The first-order valence-corrected chi connectivity index (χ1v) is 13.5. The van der Waals surface area contributed by atoms with E-state index in [1.807, 2.05) is 79.4 Å². The molecular formula is C24H24ClN2O2PS. The second-order valence-corrected chi connectivity index (χ2v) is 11.8. The summed E-state index contributed by atoms with van der Waals surface area (Å²) in [5.74, 6) is 0. The molecule has 0 atom stereocenters. The molecule has 0 unspecified atom stereocenters. The van der Waals surface area contributed by atoms with Gasteiger partial charge in [0.25, 0.3) is 10.0 Å². The van der Waals surface area contributed by atoms with Gasteiger partial charge in [-0.15, -0.1) is 0 Å². The summed E-state index contributed by atoms with van der Waals surface area (Å²) < 4.78 is 31.4. The predicted molar refractivity (Wildman–Crippen MR) is 131 cm³/mol. The maximum Gasteiger partial charge on any atom is 0.282 e. The van der Waals surface area contributed by atoms with Gasteiger partial charge in [-0.25, -0.2) is 0 Å². The third-order valence-electron chi connectivity index (χ3n) is 4.73. The third kappa shape index (κ3) is 5.40. The summed E-state index contributed by atoms with van der Waals surface area (Å²) in [6.07, 6.45) is 0. The van der Waals surface area contributed by atoms with Crippen molar-refractivity contribution in [3.05, 3.63) is 90.0 Å². The molecule has 0 saturated heterocycles. The SMILES string of the molecule is CCN(C#CP(=NS(=O)(=O)c1ccc(Cl)cc1)(c1ccccc1)c1ccccc1)CC. The summed E-state index contributed by atoms with van der Waals surface area (Å²) in [6, 6.07) is 28.2. The molecule has 0 aliphatic rings. The number of nitrogens with zero attached hydrogens (tertiary/aromatic N) is 2. The van der Waals surface area contributed by atoms with E-state index >= 15 is 0 Å². The first-order valence-electron chi connectivity index (χ1n) is 9.94. The summed E-state index contributed by atoms with van der Waals surface area (Å²) in [5, 5.41) is 2.05. The van der Waals surface area contributed by atoms with Crippen LogP contribution in [0.3, 0.4) is 0 Å². The zero-order valence-electron chi connectivity index (χ0n) is 17.4. The maximum absolute atomic E-state index is 13.4. The van der Waals surface area contributed by atoms with Crippen molar-refractivity contribution >= 4 is 39.3 Å². The van der Waals surface area contributed by atoms with Crippen LogP contribution < -0.4 is 10.6 Å². The lowest BCUT2D eigenvalue weighted by atomic mass is 10.4. The minimum atomic E-state index is -4.00. The van der Waals surface area contributed by atoms with Gasteiger partial charge < -0.3 is 4.90 Å². The fraction of sp³-hybridized carbons (Fsp3) is 0.167. The van der Waals surface area contributed by atoms with E-state index in [0.29, 0.717) is 5.02 Å². The van der Waals surface area contributed by atoms with Gasteiger partial charge in [-0.3, -0.25) is 0 Å². The van der Waals surface area contributed by atoms with Gasteiger partial charge in [0.15, 0.2) is 0 Å². The molecule has 160 valence electrons. The Morgan fingerprint density at radius 2 is 1.32 bits per heavy atom.